The summed E-state index contributed by atoms with van der Waals surface area (Å²) in [5.41, 5.74) is 7.13. The Kier molecular flexibility index (Phi) is 4.93. The van der Waals surface area contributed by atoms with Crippen LogP contribution in [0.5, 0.6) is 0 Å². The lowest BCUT2D eigenvalue weighted by atomic mass is 10.2. The zero-order chi connectivity index (χ0) is 16.9. The van der Waals surface area contributed by atoms with E-state index >= 15 is 0 Å². The number of carbonyl (C=O) groups excluding carboxylic acids is 1. The fraction of sp³-hybridized carbons (Fsp3) is 0.0500. The molecule has 0 aliphatic carbocycles. The molecular formula is C20H19N2OP. The number of anilines is 1. The minimum atomic E-state index is -0.635. The zero-order valence-electron chi connectivity index (χ0n) is 13.4. The van der Waals surface area contributed by atoms with E-state index in [-0.39, 0.29) is 0 Å². The molecule has 0 aromatic heterocycles. The van der Waals surface area contributed by atoms with Crippen LogP contribution in [0.3, 0.4) is 0 Å². The maximum Gasteiger partial charge on any atom is 0.316 e. The molecule has 24 heavy (non-hydrogen) atoms. The molecule has 0 heterocycles. The van der Waals surface area contributed by atoms with E-state index in [2.05, 4.69) is 72.9 Å². The SMILES string of the molecule is Cc1ccc(P(c2ccccc2)c2ccc(NC(N)=O)cc2)cc1. The van der Waals surface area contributed by atoms with Crippen molar-refractivity contribution in [3.63, 3.8) is 0 Å². The van der Waals surface area contributed by atoms with Gasteiger partial charge in [0, 0.05) is 5.69 Å². The van der Waals surface area contributed by atoms with Crippen LogP contribution < -0.4 is 27.0 Å². The number of benzene rings is 3. The summed E-state index contributed by atoms with van der Waals surface area (Å²) in [7, 11) is -0.635. The number of amides is 2. The van der Waals surface area contributed by atoms with Crippen molar-refractivity contribution in [2.24, 2.45) is 5.73 Å². The summed E-state index contributed by atoms with van der Waals surface area (Å²) >= 11 is 0. The molecule has 0 fully saturated rings. The van der Waals surface area contributed by atoms with Gasteiger partial charge in [-0.15, -0.1) is 0 Å². The predicted octanol–water partition coefficient (Wildman–Crippen LogP) is 3.24. The third-order valence-electron chi connectivity index (χ3n) is 3.70. The quantitative estimate of drug-likeness (QED) is 0.707. The lowest BCUT2D eigenvalue weighted by molar-refractivity contribution is 0.259. The summed E-state index contributed by atoms with van der Waals surface area (Å²) in [5, 5.41) is 6.44. The molecule has 3 aromatic carbocycles. The number of rotatable bonds is 4. The van der Waals surface area contributed by atoms with Gasteiger partial charge in [0.05, 0.1) is 0 Å². The van der Waals surface area contributed by atoms with Crippen molar-refractivity contribution in [2.45, 2.75) is 6.92 Å². The Bertz CT molecular complexity index is 815. The fourth-order valence-corrected chi connectivity index (χ4v) is 4.81. The van der Waals surface area contributed by atoms with Crippen molar-refractivity contribution in [1.29, 1.82) is 0 Å². The van der Waals surface area contributed by atoms with Gasteiger partial charge in [-0.25, -0.2) is 4.79 Å². The van der Waals surface area contributed by atoms with Gasteiger partial charge in [-0.1, -0.05) is 72.3 Å². The first-order valence-corrected chi connectivity index (χ1v) is 9.06. The third kappa shape index (κ3) is 3.81. The van der Waals surface area contributed by atoms with Crippen molar-refractivity contribution in [2.75, 3.05) is 5.32 Å². The monoisotopic (exact) mass is 334 g/mol. The minimum absolute atomic E-state index is 0.549. The number of hydrogen-bond acceptors (Lipinski definition) is 1. The van der Waals surface area contributed by atoms with Crippen molar-refractivity contribution < 1.29 is 4.79 Å². The van der Waals surface area contributed by atoms with Gasteiger partial charge < -0.3 is 11.1 Å². The Labute approximate surface area is 143 Å². The lowest BCUT2D eigenvalue weighted by Crippen LogP contribution is -2.22. The van der Waals surface area contributed by atoms with Crippen LogP contribution in [0.1, 0.15) is 5.56 Å². The van der Waals surface area contributed by atoms with Crippen molar-refractivity contribution in [1.82, 2.24) is 0 Å². The molecule has 2 amide bonds. The van der Waals surface area contributed by atoms with Gasteiger partial charge >= 0.3 is 6.03 Å². The highest BCUT2D eigenvalue weighted by Gasteiger charge is 2.16. The molecule has 0 saturated carbocycles. The highest BCUT2D eigenvalue weighted by molar-refractivity contribution is 7.79. The Hall–Kier alpha value is -2.64. The number of primary amides is 1. The second-order valence-electron chi connectivity index (χ2n) is 5.54. The molecule has 0 spiro atoms. The summed E-state index contributed by atoms with van der Waals surface area (Å²) in [6.07, 6.45) is 0. The van der Waals surface area contributed by atoms with Gasteiger partial charge in [0.15, 0.2) is 0 Å². The van der Waals surface area contributed by atoms with E-state index in [1.807, 2.05) is 18.2 Å². The third-order valence-corrected chi connectivity index (χ3v) is 6.14. The van der Waals surface area contributed by atoms with Crippen LogP contribution in [0.25, 0.3) is 0 Å². The smallest absolute Gasteiger partial charge is 0.316 e. The van der Waals surface area contributed by atoms with E-state index in [1.165, 1.54) is 21.5 Å². The molecule has 3 rings (SSSR count). The average Bonchev–Trinajstić information content (AvgIpc) is 2.59. The first-order chi connectivity index (χ1) is 11.6. The van der Waals surface area contributed by atoms with Crippen molar-refractivity contribution >= 4 is 35.6 Å². The second-order valence-corrected chi connectivity index (χ2v) is 7.76. The summed E-state index contributed by atoms with van der Waals surface area (Å²) in [6, 6.07) is 26.6. The predicted molar refractivity (Wildman–Crippen MR) is 103 cm³/mol. The molecule has 0 aliphatic rings. The number of aryl methyl sites for hydroxylation is 1. The first-order valence-electron chi connectivity index (χ1n) is 7.72. The van der Waals surface area contributed by atoms with E-state index in [1.54, 1.807) is 0 Å². The van der Waals surface area contributed by atoms with Crippen LogP contribution >= 0.6 is 7.92 Å². The standard InChI is InChI=1S/C20H19N2OP/c1-15-7-11-18(12-8-15)24(17-5-3-2-4-6-17)19-13-9-16(10-14-19)22-20(21)23/h2-14H,1H3,(H3,21,22,23). The number of nitrogens with one attached hydrogen (secondary N) is 1. The number of urea groups is 1. The second kappa shape index (κ2) is 7.29. The molecule has 0 radical (unpaired) electrons. The van der Waals surface area contributed by atoms with Gasteiger partial charge in [0.25, 0.3) is 0 Å². The van der Waals surface area contributed by atoms with E-state index < -0.39 is 14.0 Å². The maximum atomic E-state index is 11.0. The molecule has 120 valence electrons. The molecule has 0 saturated heterocycles. The molecular weight excluding hydrogens is 315 g/mol. The summed E-state index contributed by atoms with van der Waals surface area (Å²) in [6.45, 7) is 2.10. The van der Waals surface area contributed by atoms with Gasteiger partial charge in [0.1, 0.15) is 0 Å². The molecule has 4 heteroatoms. The topological polar surface area (TPSA) is 55.1 Å². The Morgan fingerprint density at radius 1 is 0.792 bits per heavy atom. The first kappa shape index (κ1) is 16.2. The van der Waals surface area contributed by atoms with E-state index in [0.29, 0.717) is 5.69 Å². The van der Waals surface area contributed by atoms with E-state index in [0.717, 1.165) is 0 Å². The molecule has 0 aliphatic heterocycles. The van der Waals surface area contributed by atoms with E-state index in [4.69, 9.17) is 5.73 Å². The van der Waals surface area contributed by atoms with Crippen LogP contribution in [0, 0.1) is 6.92 Å². The lowest BCUT2D eigenvalue weighted by Gasteiger charge is -2.19. The number of nitrogens with two attached hydrogens (primary N) is 1. The van der Waals surface area contributed by atoms with Crippen LogP contribution in [-0.2, 0) is 0 Å². The number of carbonyl (C=O) groups is 1. The average molecular weight is 334 g/mol. The van der Waals surface area contributed by atoms with Gasteiger partial charge in [-0.2, -0.15) is 0 Å². The van der Waals surface area contributed by atoms with Gasteiger partial charge in [0.2, 0.25) is 0 Å². The maximum absolute atomic E-state index is 11.0. The van der Waals surface area contributed by atoms with Crippen molar-refractivity contribution in [3.8, 4) is 0 Å². The molecule has 1 unspecified atom stereocenters. The van der Waals surface area contributed by atoms with Crippen LogP contribution in [-0.4, -0.2) is 6.03 Å². The van der Waals surface area contributed by atoms with Crippen molar-refractivity contribution in [3.05, 3.63) is 84.4 Å². The Morgan fingerprint density at radius 2 is 1.29 bits per heavy atom. The molecule has 0 bridgehead atoms. The fourth-order valence-electron chi connectivity index (χ4n) is 2.55. The summed E-state index contributed by atoms with van der Waals surface area (Å²) in [5.74, 6) is 0. The largest absolute Gasteiger partial charge is 0.351 e. The minimum Gasteiger partial charge on any atom is -0.351 e. The molecule has 3 aromatic rings. The van der Waals surface area contributed by atoms with Gasteiger partial charge in [-0.05, 0) is 42.9 Å². The Morgan fingerprint density at radius 3 is 1.83 bits per heavy atom. The van der Waals surface area contributed by atoms with Crippen LogP contribution in [0.15, 0.2) is 78.9 Å². The summed E-state index contributed by atoms with van der Waals surface area (Å²) in [4.78, 5) is 11.0. The zero-order valence-corrected chi connectivity index (χ0v) is 14.3. The molecule has 3 nitrogen and oxygen atoms in total. The normalized spacial score (nSPS) is 11.7. The van der Waals surface area contributed by atoms with E-state index in [9.17, 15) is 4.79 Å². The highest BCUT2D eigenvalue weighted by Crippen LogP contribution is 2.33. The Balaban J connectivity index is 2.01. The molecule has 3 N–H and O–H groups in total. The van der Waals surface area contributed by atoms with Crippen LogP contribution in [0.2, 0.25) is 0 Å². The molecule has 1 atom stereocenters. The number of hydrogen-bond donors (Lipinski definition) is 2. The van der Waals surface area contributed by atoms with Gasteiger partial charge in [-0.3, -0.25) is 0 Å². The highest BCUT2D eigenvalue weighted by atomic mass is 31.1. The summed E-state index contributed by atoms with van der Waals surface area (Å²) < 4.78 is 0. The van der Waals surface area contributed by atoms with Crippen LogP contribution in [0.4, 0.5) is 10.5 Å².